The van der Waals surface area contributed by atoms with Crippen LogP contribution in [0.3, 0.4) is 0 Å². The van der Waals surface area contributed by atoms with Crippen LogP contribution in [0.25, 0.3) is 24.6 Å². The van der Waals surface area contributed by atoms with E-state index < -0.39 is 17.0 Å². The fraction of sp³-hybridized carbons (Fsp3) is 0. The molecule has 0 spiro atoms. The molecule has 0 rings (SSSR count). The van der Waals surface area contributed by atoms with Gasteiger partial charge < -0.3 is 59.7 Å². The Balaban J connectivity index is -0.0000000133. The zero-order chi connectivity index (χ0) is 8.73. The Morgan fingerprint density at radius 2 is 0.867 bits per heavy atom. The van der Waals surface area contributed by atoms with Gasteiger partial charge in [0, 0.05) is 0 Å². The molecule has 12 nitrogen and oxygen atoms in total. The predicted octanol–water partition coefficient (Wildman–Crippen LogP) is -0.887. The molecule has 0 aromatic heterocycles. The number of nitrogens with zero attached hydrogens (tertiary/aromatic N) is 1. The van der Waals surface area contributed by atoms with Crippen molar-refractivity contribution in [2.24, 2.45) is 0 Å². The van der Waals surface area contributed by atoms with Gasteiger partial charge >= 0.3 is 16.8 Å². The molecule has 0 aliphatic carbocycles. The second-order valence-corrected chi connectivity index (χ2v) is 0.799. The number of rotatable bonds is 0. The van der Waals surface area contributed by atoms with E-state index in [4.69, 9.17) is 35.1 Å². The van der Waals surface area contributed by atoms with Gasteiger partial charge in [0.1, 0.15) is 0 Å². The van der Waals surface area contributed by atoms with Crippen molar-refractivity contribution in [1.29, 1.82) is 0 Å². The van der Waals surface area contributed by atoms with Crippen LogP contribution in [-0.4, -0.2) is 17.0 Å². The SMILES string of the molecule is O=C([O-])C(=O)[O-].O=[N+]([O-])[O-].[Co+3].[NH2-].[NH2-].[NH2-].[NH2-]. The fourth-order valence-corrected chi connectivity index (χ4v) is 0. The number of hydrogen-bond acceptors (Lipinski definition) is 7. The van der Waals surface area contributed by atoms with Gasteiger partial charge in [0.2, 0.25) is 0 Å². The Morgan fingerprint density at radius 3 is 0.867 bits per heavy atom. The zero-order valence-electron chi connectivity index (χ0n) is 6.95. The number of hydrogen-bond donors (Lipinski definition) is 0. The average Bonchev–Trinajstić information content (AvgIpc) is 1.63. The third kappa shape index (κ3) is 222. The van der Waals surface area contributed by atoms with Crippen molar-refractivity contribution in [3.05, 3.63) is 39.9 Å². The van der Waals surface area contributed by atoms with Gasteiger partial charge in [-0.2, -0.15) is 0 Å². The Kier molecular flexibility index (Phi) is 97.9. The molecule has 0 amide bonds. The summed E-state index contributed by atoms with van der Waals surface area (Å²) in [5.41, 5.74) is 0. The van der Waals surface area contributed by atoms with Crippen LogP contribution in [0.2, 0.25) is 0 Å². The standard InChI is InChI=1S/C2H2O4.Co.NO3.4H2N/c3-1(4)2(5)6;;2-1(3)4;;;;/h(H,3,4)(H,5,6);;;4*1H2/q;+3;5*-1/p-2. The molecule has 0 fully saturated rings. The predicted molar refractivity (Wildman–Crippen MR) is 41.5 cm³/mol. The van der Waals surface area contributed by atoms with Crippen LogP contribution in [0.5, 0.6) is 0 Å². The third-order valence-electron chi connectivity index (χ3n) is 0.167. The van der Waals surface area contributed by atoms with E-state index in [0.29, 0.717) is 0 Å². The Labute approximate surface area is 94.3 Å². The molecule has 0 saturated heterocycles. The first-order valence-electron chi connectivity index (χ1n) is 1.61. The van der Waals surface area contributed by atoms with Crippen LogP contribution < -0.4 is 10.2 Å². The summed E-state index contributed by atoms with van der Waals surface area (Å²) in [7, 11) is 0. The molecule has 0 aliphatic heterocycles. The first-order valence-corrected chi connectivity index (χ1v) is 1.61. The number of aliphatic carboxylic acids is 2. The van der Waals surface area contributed by atoms with Crippen molar-refractivity contribution in [3.8, 4) is 0 Å². The topological polar surface area (TPSA) is 280 Å². The van der Waals surface area contributed by atoms with E-state index in [1.807, 2.05) is 0 Å². The van der Waals surface area contributed by atoms with E-state index in [0.717, 1.165) is 0 Å². The molecule has 0 saturated carbocycles. The third-order valence-corrected chi connectivity index (χ3v) is 0.167. The quantitative estimate of drug-likeness (QED) is 0.304. The number of carboxylic acid groups (broad SMARTS) is 2. The van der Waals surface area contributed by atoms with E-state index in [1.54, 1.807) is 0 Å². The first-order chi connectivity index (χ1) is 4.37. The molecular formula is C2H8CoN5O7-4. The molecule has 13 heteroatoms. The number of carbonyl (C=O) groups is 2. The molecule has 8 N–H and O–H groups in total. The summed E-state index contributed by atoms with van der Waals surface area (Å²) < 4.78 is 0. The van der Waals surface area contributed by atoms with E-state index >= 15 is 0 Å². The Morgan fingerprint density at radius 1 is 0.800 bits per heavy atom. The second-order valence-electron chi connectivity index (χ2n) is 0.799. The van der Waals surface area contributed by atoms with Gasteiger partial charge in [0.25, 0.3) is 0 Å². The largest absolute Gasteiger partial charge is 3.00 e. The Bertz CT molecular complexity index is 147. The summed E-state index contributed by atoms with van der Waals surface area (Å²) in [5, 5.41) is 32.6. The molecule has 0 unspecified atom stereocenters. The van der Waals surface area contributed by atoms with E-state index in [2.05, 4.69) is 0 Å². The average molecular weight is 273 g/mol. The van der Waals surface area contributed by atoms with Crippen LogP contribution in [0.4, 0.5) is 0 Å². The van der Waals surface area contributed by atoms with Gasteiger partial charge in [-0.05, 0) is 0 Å². The van der Waals surface area contributed by atoms with Crippen LogP contribution in [0.1, 0.15) is 0 Å². The molecule has 0 aromatic rings. The van der Waals surface area contributed by atoms with Crippen molar-refractivity contribution in [3.63, 3.8) is 0 Å². The summed E-state index contributed by atoms with van der Waals surface area (Å²) in [6.07, 6.45) is 0. The van der Waals surface area contributed by atoms with Gasteiger partial charge in [0.15, 0.2) is 0 Å². The molecular weight excluding hydrogens is 265 g/mol. The maximum atomic E-state index is 8.93. The fourth-order valence-electron chi connectivity index (χ4n) is 0. The van der Waals surface area contributed by atoms with Crippen molar-refractivity contribution >= 4 is 11.9 Å². The second kappa shape index (κ2) is 29.4. The number of nitrogens with two attached hydrogens (primary N) is 4. The number of carbonyl (C=O) groups excluding carboxylic acids is 2. The van der Waals surface area contributed by atoms with Crippen LogP contribution >= 0.6 is 0 Å². The summed E-state index contributed by atoms with van der Waals surface area (Å²) >= 11 is 0. The smallest absolute Gasteiger partial charge is 0.693 e. The van der Waals surface area contributed by atoms with Gasteiger partial charge in [0.05, 0.1) is 17.0 Å². The minimum absolute atomic E-state index is 0. The summed E-state index contributed by atoms with van der Waals surface area (Å²) in [6.45, 7) is 0. The van der Waals surface area contributed by atoms with Crippen LogP contribution in [0, 0.1) is 15.3 Å². The van der Waals surface area contributed by atoms with Gasteiger partial charge in [-0.15, -0.1) is 0 Å². The van der Waals surface area contributed by atoms with Crippen molar-refractivity contribution < 1.29 is 41.7 Å². The summed E-state index contributed by atoms with van der Waals surface area (Å²) in [4.78, 5) is 26.1. The van der Waals surface area contributed by atoms with Crippen LogP contribution in [-0.2, 0) is 26.4 Å². The zero-order valence-corrected chi connectivity index (χ0v) is 7.99. The molecule has 15 heavy (non-hydrogen) atoms. The normalized spacial score (nSPS) is 4.53. The number of carboxylic acids is 2. The molecule has 0 heterocycles. The van der Waals surface area contributed by atoms with E-state index in [-0.39, 0.29) is 41.4 Å². The van der Waals surface area contributed by atoms with Crippen molar-refractivity contribution in [2.75, 3.05) is 0 Å². The summed E-state index contributed by atoms with van der Waals surface area (Å²) in [5.74, 6) is -4.37. The minimum atomic E-state index is -2.19. The summed E-state index contributed by atoms with van der Waals surface area (Å²) in [6, 6.07) is 0. The first kappa shape index (κ1) is 50.0. The van der Waals surface area contributed by atoms with Crippen LogP contribution in [0.15, 0.2) is 0 Å². The minimum Gasteiger partial charge on any atom is -0.693 e. The van der Waals surface area contributed by atoms with E-state index in [9.17, 15) is 0 Å². The van der Waals surface area contributed by atoms with Gasteiger partial charge in [-0.1, -0.05) is 0 Å². The molecule has 0 bridgehead atoms. The Hall–Kier alpha value is -1.51. The molecule has 0 aliphatic rings. The monoisotopic (exact) mass is 273 g/mol. The molecule has 0 radical (unpaired) electrons. The van der Waals surface area contributed by atoms with Gasteiger partial charge in [-0.3, -0.25) is 0 Å². The molecule has 0 aromatic carbocycles. The van der Waals surface area contributed by atoms with Crippen molar-refractivity contribution in [2.45, 2.75) is 0 Å². The van der Waals surface area contributed by atoms with Gasteiger partial charge in [-0.25, -0.2) is 0 Å². The maximum absolute atomic E-state index is 8.93. The maximum Gasteiger partial charge on any atom is 3.00 e. The van der Waals surface area contributed by atoms with Crippen molar-refractivity contribution in [1.82, 2.24) is 0 Å². The molecule has 96 valence electrons. The molecule has 0 atom stereocenters. The van der Waals surface area contributed by atoms with E-state index in [1.165, 1.54) is 0 Å².